The predicted molar refractivity (Wildman–Crippen MR) is 64.6 cm³/mol. The molecule has 2 heterocycles. The molecule has 20 heavy (non-hydrogen) atoms. The van der Waals surface area contributed by atoms with Crippen LogP contribution in [0.15, 0.2) is 42.9 Å². The van der Waals surface area contributed by atoms with Gasteiger partial charge in [0.25, 0.3) is 5.91 Å². The fourth-order valence-electron chi connectivity index (χ4n) is 1.48. The summed E-state index contributed by atoms with van der Waals surface area (Å²) in [7, 11) is 0. The van der Waals surface area contributed by atoms with Crippen molar-refractivity contribution in [3.05, 3.63) is 59.7 Å². The van der Waals surface area contributed by atoms with Gasteiger partial charge in [0, 0.05) is 25.1 Å². The summed E-state index contributed by atoms with van der Waals surface area (Å²) in [4.78, 5) is 18.8. The van der Waals surface area contributed by atoms with Crippen LogP contribution in [0.1, 0.15) is 21.6 Å². The molecule has 0 radical (unpaired) electrons. The highest BCUT2D eigenvalue weighted by Gasteiger charge is 2.32. The third kappa shape index (κ3) is 3.53. The largest absolute Gasteiger partial charge is 0.433 e. The Kier molecular flexibility index (Phi) is 3.97. The summed E-state index contributed by atoms with van der Waals surface area (Å²) >= 11 is 0. The maximum Gasteiger partial charge on any atom is 0.433 e. The highest BCUT2D eigenvalue weighted by atomic mass is 19.4. The topological polar surface area (TPSA) is 54.9 Å². The molecule has 0 atom stereocenters. The minimum absolute atomic E-state index is 0.0712. The Hall–Kier alpha value is -2.44. The van der Waals surface area contributed by atoms with E-state index in [1.807, 2.05) is 0 Å². The second-order valence-electron chi connectivity index (χ2n) is 3.97. The number of carbonyl (C=O) groups excluding carboxylic acids is 1. The maximum absolute atomic E-state index is 12.3. The predicted octanol–water partition coefficient (Wildman–Crippen LogP) is 2.43. The van der Waals surface area contributed by atoms with Crippen molar-refractivity contribution in [2.24, 2.45) is 0 Å². The molecule has 2 rings (SSSR count). The molecule has 0 fully saturated rings. The van der Waals surface area contributed by atoms with Crippen LogP contribution in [0.25, 0.3) is 0 Å². The maximum atomic E-state index is 12.3. The van der Waals surface area contributed by atoms with E-state index in [4.69, 9.17) is 0 Å². The van der Waals surface area contributed by atoms with Gasteiger partial charge >= 0.3 is 6.18 Å². The minimum Gasteiger partial charge on any atom is -0.348 e. The van der Waals surface area contributed by atoms with Crippen LogP contribution in [0.3, 0.4) is 0 Å². The molecule has 0 aliphatic heterocycles. The van der Waals surface area contributed by atoms with E-state index in [9.17, 15) is 18.0 Å². The normalized spacial score (nSPS) is 11.2. The third-order valence-corrected chi connectivity index (χ3v) is 2.49. The first-order valence-electron chi connectivity index (χ1n) is 5.67. The van der Waals surface area contributed by atoms with E-state index in [0.717, 1.165) is 23.9 Å². The molecule has 2 aromatic heterocycles. The molecule has 0 aliphatic rings. The summed E-state index contributed by atoms with van der Waals surface area (Å²) < 4.78 is 37.0. The van der Waals surface area contributed by atoms with E-state index in [2.05, 4.69) is 15.3 Å². The summed E-state index contributed by atoms with van der Waals surface area (Å²) in [5.41, 5.74) is -0.163. The molecule has 1 amide bonds. The van der Waals surface area contributed by atoms with Gasteiger partial charge < -0.3 is 5.32 Å². The van der Waals surface area contributed by atoms with Crippen LogP contribution in [0.5, 0.6) is 0 Å². The number of carbonyl (C=O) groups is 1. The third-order valence-electron chi connectivity index (χ3n) is 2.49. The number of alkyl halides is 3. The van der Waals surface area contributed by atoms with Crippen molar-refractivity contribution in [1.82, 2.24) is 15.3 Å². The van der Waals surface area contributed by atoms with E-state index in [0.29, 0.717) is 0 Å². The monoisotopic (exact) mass is 281 g/mol. The summed E-state index contributed by atoms with van der Waals surface area (Å²) in [5.74, 6) is -0.491. The number of pyridine rings is 2. The van der Waals surface area contributed by atoms with Gasteiger partial charge in [-0.2, -0.15) is 13.2 Å². The number of halogens is 3. The van der Waals surface area contributed by atoms with Gasteiger partial charge in [0.05, 0.1) is 5.56 Å². The van der Waals surface area contributed by atoms with Crippen LogP contribution in [0.4, 0.5) is 13.2 Å². The number of amides is 1. The number of nitrogens with one attached hydrogen (secondary N) is 1. The zero-order valence-corrected chi connectivity index (χ0v) is 10.2. The lowest BCUT2D eigenvalue weighted by atomic mass is 10.2. The Morgan fingerprint density at radius 1 is 1.20 bits per heavy atom. The van der Waals surface area contributed by atoms with Crippen LogP contribution in [-0.2, 0) is 12.7 Å². The first kappa shape index (κ1) is 14.0. The van der Waals surface area contributed by atoms with E-state index in [1.165, 1.54) is 0 Å². The second kappa shape index (κ2) is 5.68. The molecule has 0 aliphatic carbocycles. The molecule has 0 saturated heterocycles. The van der Waals surface area contributed by atoms with E-state index < -0.39 is 17.8 Å². The van der Waals surface area contributed by atoms with Crippen molar-refractivity contribution < 1.29 is 18.0 Å². The van der Waals surface area contributed by atoms with Crippen molar-refractivity contribution >= 4 is 5.91 Å². The molecular formula is C13H10F3N3O. The van der Waals surface area contributed by atoms with Crippen molar-refractivity contribution in [2.75, 3.05) is 0 Å². The molecule has 0 bridgehead atoms. The fraction of sp³-hybridized carbons (Fsp3) is 0.154. The zero-order chi connectivity index (χ0) is 14.6. The van der Waals surface area contributed by atoms with Crippen LogP contribution in [0, 0.1) is 0 Å². The van der Waals surface area contributed by atoms with Crippen LogP contribution in [0.2, 0.25) is 0 Å². The lowest BCUT2D eigenvalue weighted by molar-refractivity contribution is -0.141. The minimum atomic E-state index is -4.51. The molecule has 7 heteroatoms. The first-order valence-corrected chi connectivity index (χ1v) is 5.67. The first-order chi connectivity index (χ1) is 9.47. The van der Waals surface area contributed by atoms with Crippen LogP contribution < -0.4 is 5.32 Å². The van der Waals surface area contributed by atoms with Crippen LogP contribution >= 0.6 is 0 Å². The quantitative estimate of drug-likeness (QED) is 0.940. The Balaban J connectivity index is 1.99. The Bertz CT molecular complexity index is 582. The SMILES string of the molecule is O=C(NCc1cccnc1)c1ccc(C(F)(F)F)nc1. The van der Waals surface area contributed by atoms with Crippen molar-refractivity contribution in [3.8, 4) is 0 Å². The number of hydrogen-bond acceptors (Lipinski definition) is 3. The molecule has 0 spiro atoms. The molecular weight excluding hydrogens is 271 g/mol. The smallest absolute Gasteiger partial charge is 0.348 e. The molecule has 4 nitrogen and oxygen atoms in total. The lowest BCUT2D eigenvalue weighted by Crippen LogP contribution is -2.23. The molecule has 1 N–H and O–H groups in total. The Morgan fingerprint density at radius 2 is 2.00 bits per heavy atom. The van der Waals surface area contributed by atoms with Gasteiger partial charge in [0.15, 0.2) is 0 Å². The molecule has 104 valence electrons. The van der Waals surface area contributed by atoms with E-state index in [-0.39, 0.29) is 12.1 Å². The fourth-order valence-corrected chi connectivity index (χ4v) is 1.48. The van der Waals surface area contributed by atoms with Gasteiger partial charge in [-0.05, 0) is 23.8 Å². The lowest BCUT2D eigenvalue weighted by Gasteiger charge is -2.07. The summed E-state index contributed by atoms with van der Waals surface area (Å²) in [5, 5.41) is 2.57. The number of aromatic nitrogens is 2. The average molecular weight is 281 g/mol. The van der Waals surface area contributed by atoms with E-state index >= 15 is 0 Å². The molecule has 0 saturated carbocycles. The van der Waals surface area contributed by atoms with Gasteiger partial charge in [0.2, 0.25) is 0 Å². The molecule has 0 unspecified atom stereocenters. The standard InChI is InChI=1S/C13H10F3N3O/c14-13(15,16)11-4-3-10(8-18-11)12(20)19-7-9-2-1-5-17-6-9/h1-6,8H,7H2,(H,19,20). The number of hydrogen-bond donors (Lipinski definition) is 1. The number of nitrogens with zero attached hydrogens (tertiary/aromatic N) is 2. The highest BCUT2D eigenvalue weighted by molar-refractivity contribution is 5.93. The molecule has 2 aromatic rings. The van der Waals surface area contributed by atoms with Gasteiger partial charge in [-0.1, -0.05) is 6.07 Å². The second-order valence-corrected chi connectivity index (χ2v) is 3.97. The van der Waals surface area contributed by atoms with Crippen molar-refractivity contribution in [1.29, 1.82) is 0 Å². The highest BCUT2D eigenvalue weighted by Crippen LogP contribution is 2.27. The van der Waals surface area contributed by atoms with E-state index in [1.54, 1.807) is 24.5 Å². The summed E-state index contributed by atoms with van der Waals surface area (Å²) in [6.45, 7) is 0.244. The molecule has 0 aromatic carbocycles. The summed E-state index contributed by atoms with van der Waals surface area (Å²) in [6, 6.07) is 5.37. The van der Waals surface area contributed by atoms with Gasteiger partial charge in [-0.15, -0.1) is 0 Å². The van der Waals surface area contributed by atoms with Crippen molar-refractivity contribution in [3.63, 3.8) is 0 Å². The van der Waals surface area contributed by atoms with Gasteiger partial charge in [-0.25, -0.2) is 0 Å². The number of rotatable bonds is 3. The summed E-state index contributed by atoms with van der Waals surface area (Å²) in [6.07, 6.45) is -0.414. The zero-order valence-electron chi connectivity index (χ0n) is 10.2. The van der Waals surface area contributed by atoms with Gasteiger partial charge in [-0.3, -0.25) is 14.8 Å². The average Bonchev–Trinajstić information content (AvgIpc) is 2.45. The Morgan fingerprint density at radius 3 is 2.55 bits per heavy atom. The van der Waals surface area contributed by atoms with Crippen LogP contribution in [-0.4, -0.2) is 15.9 Å². The van der Waals surface area contributed by atoms with Crippen molar-refractivity contribution in [2.45, 2.75) is 12.7 Å². The Labute approximate surface area is 112 Å². The van der Waals surface area contributed by atoms with Gasteiger partial charge in [0.1, 0.15) is 5.69 Å².